The lowest BCUT2D eigenvalue weighted by Gasteiger charge is -2.44. The summed E-state index contributed by atoms with van der Waals surface area (Å²) in [6.07, 6.45) is 1.71. The fourth-order valence-electron chi connectivity index (χ4n) is 4.43. The fraction of sp³-hybridized carbons (Fsp3) is 0.192. The summed E-state index contributed by atoms with van der Waals surface area (Å²) in [7, 11) is 0. The summed E-state index contributed by atoms with van der Waals surface area (Å²) in [6, 6.07) is 19.1. The summed E-state index contributed by atoms with van der Waals surface area (Å²) in [4.78, 5) is 14.2. The van der Waals surface area contributed by atoms with Gasteiger partial charge in [-0.15, -0.1) is 5.10 Å². The van der Waals surface area contributed by atoms with Crippen LogP contribution in [0.1, 0.15) is 11.3 Å². The van der Waals surface area contributed by atoms with Gasteiger partial charge in [-0.1, -0.05) is 39.3 Å². The molecule has 1 fully saturated rings. The van der Waals surface area contributed by atoms with E-state index in [9.17, 15) is 9.90 Å². The number of β-amino-alcohol motifs (C(OH)–C–C–N with tert-alkyl or cyclic N) is 1. The predicted octanol–water partition coefficient (Wildman–Crippen LogP) is 4.35. The molecule has 2 aromatic heterocycles. The minimum atomic E-state index is -1.23. The van der Waals surface area contributed by atoms with Gasteiger partial charge in [-0.25, -0.2) is 4.68 Å². The van der Waals surface area contributed by atoms with Crippen molar-refractivity contribution in [2.24, 2.45) is 0 Å². The molecule has 3 aromatic carbocycles. The van der Waals surface area contributed by atoms with Crippen molar-refractivity contribution in [2.75, 3.05) is 19.7 Å². The van der Waals surface area contributed by atoms with Crippen LogP contribution in [0.5, 0.6) is 5.75 Å². The standard InChI is InChI=1S/C26H21BrN4O4/c1-16-10-17(27)6-8-21(16)31-12-24(28-29-31)26(33)14-30(15-26)25(32)13-34-18-7-9-23-20(11-18)19-4-2-3-5-22(19)35-23/h2-12,33H,13-15H2,1H3. The molecule has 0 saturated carbocycles. The average molecular weight is 533 g/mol. The zero-order valence-electron chi connectivity index (χ0n) is 18.8. The Morgan fingerprint density at radius 2 is 1.91 bits per heavy atom. The Morgan fingerprint density at radius 1 is 1.11 bits per heavy atom. The summed E-state index contributed by atoms with van der Waals surface area (Å²) in [5.74, 6) is 0.379. The lowest BCUT2D eigenvalue weighted by Crippen LogP contribution is -2.62. The minimum Gasteiger partial charge on any atom is -0.484 e. The summed E-state index contributed by atoms with van der Waals surface area (Å²) >= 11 is 3.45. The van der Waals surface area contributed by atoms with E-state index in [0.717, 1.165) is 37.7 Å². The Morgan fingerprint density at radius 3 is 2.74 bits per heavy atom. The number of aryl methyl sites for hydroxylation is 1. The Labute approximate surface area is 208 Å². The Hall–Kier alpha value is -3.69. The lowest BCUT2D eigenvalue weighted by atomic mass is 9.91. The number of ether oxygens (including phenoxy) is 1. The average Bonchev–Trinajstić information content (AvgIpc) is 3.46. The van der Waals surface area contributed by atoms with Crippen molar-refractivity contribution < 1.29 is 19.1 Å². The van der Waals surface area contributed by atoms with E-state index in [-0.39, 0.29) is 25.6 Å². The van der Waals surface area contributed by atoms with E-state index in [0.29, 0.717) is 11.4 Å². The molecule has 8 nitrogen and oxygen atoms in total. The first kappa shape index (κ1) is 21.8. The van der Waals surface area contributed by atoms with E-state index in [1.165, 1.54) is 0 Å². The number of aliphatic hydroxyl groups is 1. The Bertz CT molecular complexity index is 1590. The Balaban J connectivity index is 1.10. The van der Waals surface area contributed by atoms with Crippen molar-refractivity contribution in [3.05, 3.63) is 82.6 Å². The van der Waals surface area contributed by atoms with E-state index >= 15 is 0 Å². The molecule has 0 atom stereocenters. The highest BCUT2D eigenvalue weighted by Gasteiger charge is 2.47. The Kier molecular flexibility index (Phi) is 5.12. The van der Waals surface area contributed by atoms with Gasteiger partial charge in [-0.3, -0.25) is 4.79 Å². The van der Waals surface area contributed by atoms with E-state index in [2.05, 4.69) is 26.2 Å². The smallest absolute Gasteiger partial charge is 0.260 e. The number of fused-ring (bicyclic) bond motifs is 3. The molecule has 5 aromatic rings. The number of carbonyl (C=O) groups is 1. The van der Waals surface area contributed by atoms with Crippen LogP contribution in [0.25, 0.3) is 27.6 Å². The van der Waals surface area contributed by atoms with Crippen molar-refractivity contribution >= 4 is 43.8 Å². The van der Waals surface area contributed by atoms with Crippen LogP contribution >= 0.6 is 15.9 Å². The minimum absolute atomic E-state index is 0.123. The van der Waals surface area contributed by atoms with Gasteiger partial charge in [0.2, 0.25) is 0 Å². The maximum atomic E-state index is 12.7. The third-order valence-electron chi connectivity index (χ3n) is 6.34. The SMILES string of the molecule is Cc1cc(Br)ccc1-n1cc(C2(O)CN(C(=O)COc3ccc4oc5ccccc5c4c3)C2)nn1. The van der Waals surface area contributed by atoms with Crippen LogP contribution < -0.4 is 4.74 Å². The molecule has 1 N–H and O–H groups in total. The van der Waals surface area contributed by atoms with Crippen LogP contribution in [0.15, 0.2) is 75.8 Å². The van der Waals surface area contributed by atoms with Gasteiger partial charge >= 0.3 is 0 Å². The number of furan rings is 1. The molecule has 0 aliphatic carbocycles. The number of rotatable bonds is 5. The third kappa shape index (κ3) is 3.86. The number of likely N-dealkylation sites (tertiary alicyclic amines) is 1. The third-order valence-corrected chi connectivity index (χ3v) is 6.84. The molecule has 0 radical (unpaired) electrons. The van der Waals surface area contributed by atoms with Crippen molar-refractivity contribution in [1.82, 2.24) is 19.9 Å². The van der Waals surface area contributed by atoms with E-state index in [1.54, 1.807) is 21.8 Å². The number of para-hydroxylation sites is 1. The number of nitrogens with zero attached hydrogens (tertiary/aromatic N) is 4. The molecule has 35 heavy (non-hydrogen) atoms. The van der Waals surface area contributed by atoms with Crippen molar-refractivity contribution in [3.8, 4) is 11.4 Å². The van der Waals surface area contributed by atoms with Crippen molar-refractivity contribution in [1.29, 1.82) is 0 Å². The highest BCUT2D eigenvalue weighted by atomic mass is 79.9. The van der Waals surface area contributed by atoms with Crippen LogP contribution in [0.2, 0.25) is 0 Å². The first-order valence-corrected chi connectivity index (χ1v) is 11.9. The van der Waals surface area contributed by atoms with Crippen LogP contribution in [0.4, 0.5) is 0 Å². The number of carbonyl (C=O) groups excluding carboxylic acids is 1. The largest absolute Gasteiger partial charge is 0.484 e. The zero-order chi connectivity index (χ0) is 24.2. The van der Waals surface area contributed by atoms with Gasteiger partial charge in [0, 0.05) is 15.2 Å². The first-order valence-electron chi connectivity index (χ1n) is 11.1. The van der Waals surface area contributed by atoms with Crippen LogP contribution in [-0.2, 0) is 10.4 Å². The molecule has 1 aliphatic rings. The van der Waals surface area contributed by atoms with Gasteiger partial charge in [0.05, 0.1) is 25.0 Å². The van der Waals surface area contributed by atoms with Crippen molar-refractivity contribution in [3.63, 3.8) is 0 Å². The van der Waals surface area contributed by atoms with Crippen molar-refractivity contribution in [2.45, 2.75) is 12.5 Å². The van der Waals surface area contributed by atoms with Crippen LogP contribution in [-0.4, -0.2) is 50.6 Å². The van der Waals surface area contributed by atoms with Gasteiger partial charge < -0.3 is 19.2 Å². The summed E-state index contributed by atoms with van der Waals surface area (Å²) in [6.45, 7) is 2.13. The zero-order valence-corrected chi connectivity index (χ0v) is 20.4. The second-order valence-corrected chi connectivity index (χ2v) is 9.72. The van der Waals surface area contributed by atoms with Crippen LogP contribution in [0, 0.1) is 6.92 Å². The number of aromatic nitrogens is 3. The van der Waals surface area contributed by atoms with Gasteiger partial charge in [0.25, 0.3) is 5.91 Å². The highest BCUT2D eigenvalue weighted by molar-refractivity contribution is 9.10. The number of halogens is 1. The number of hydrogen-bond donors (Lipinski definition) is 1. The maximum Gasteiger partial charge on any atom is 0.260 e. The molecule has 1 amide bonds. The monoisotopic (exact) mass is 532 g/mol. The maximum absolute atomic E-state index is 12.7. The molecule has 0 bridgehead atoms. The van der Waals surface area contributed by atoms with Gasteiger partial charge in [-0.05, 0) is 55.0 Å². The molecular formula is C26H21BrN4O4. The molecular weight excluding hydrogens is 512 g/mol. The highest BCUT2D eigenvalue weighted by Crippen LogP contribution is 2.33. The predicted molar refractivity (Wildman–Crippen MR) is 133 cm³/mol. The second-order valence-electron chi connectivity index (χ2n) is 8.81. The first-order chi connectivity index (χ1) is 16.9. The normalized spacial score (nSPS) is 14.9. The number of hydrogen-bond acceptors (Lipinski definition) is 6. The van der Waals surface area contributed by atoms with Gasteiger partial charge in [0.15, 0.2) is 6.61 Å². The molecule has 176 valence electrons. The summed E-state index contributed by atoms with van der Waals surface area (Å²) < 4.78 is 14.2. The number of amides is 1. The molecule has 3 heterocycles. The van der Waals surface area contributed by atoms with E-state index in [4.69, 9.17) is 9.15 Å². The number of benzene rings is 3. The molecule has 1 aliphatic heterocycles. The van der Waals surface area contributed by atoms with E-state index < -0.39 is 5.60 Å². The molecule has 9 heteroatoms. The van der Waals surface area contributed by atoms with Crippen LogP contribution in [0.3, 0.4) is 0 Å². The van der Waals surface area contributed by atoms with Gasteiger partial charge in [0.1, 0.15) is 28.2 Å². The summed E-state index contributed by atoms with van der Waals surface area (Å²) in [5.41, 5.74) is 2.67. The second kappa shape index (κ2) is 8.21. The molecule has 1 saturated heterocycles. The van der Waals surface area contributed by atoms with E-state index in [1.807, 2.05) is 61.5 Å². The lowest BCUT2D eigenvalue weighted by molar-refractivity contribution is -0.159. The molecule has 6 rings (SSSR count). The molecule has 0 spiro atoms. The topological polar surface area (TPSA) is 93.6 Å². The quantitative estimate of drug-likeness (QED) is 0.361. The summed E-state index contributed by atoms with van der Waals surface area (Å²) in [5, 5.41) is 21.3. The fourth-order valence-corrected chi connectivity index (χ4v) is 4.90. The molecule has 0 unspecified atom stereocenters. The van der Waals surface area contributed by atoms with Gasteiger partial charge in [-0.2, -0.15) is 0 Å².